The SMILES string of the molecule is CC(C)c1ccc(CC(C#N)c2cccc(C#N)c2)cc1. The van der Waals surface area contributed by atoms with Gasteiger partial charge in [0.15, 0.2) is 0 Å². The largest absolute Gasteiger partial charge is 0.198 e. The summed E-state index contributed by atoms with van der Waals surface area (Å²) >= 11 is 0. The van der Waals surface area contributed by atoms with Crippen molar-refractivity contribution in [3.05, 3.63) is 70.8 Å². The molecule has 0 aromatic heterocycles. The molecule has 0 amide bonds. The first-order valence-electron chi connectivity index (χ1n) is 7.12. The third-order valence-corrected chi connectivity index (χ3v) is 3.66. The molecule has 0 fully saturated rings. The Balaban J connectivity index is 2.19. The van der Waals surface area contributed by atoms with Crippen molar-refractivity contribution in [1.82, 2.24) is 0 Å². The normalized spacial score (nSPS) is 11.7. The lowest BCUT2D eigenvalue weighted by atomic mass is 9.91. The monoisotopic (exact) mass is 274 g/mol. The Kier molecular flexibility index (Phi) is 4.75. The van der Waals surface area contributed by atoms with Crippen LogP contribution in [0.2, 0.25) is 0 Å². The molecule has 0 spiro atoms. The molecule has 21 heavy (non-hydrogen) atoms. The molecule has 1 atom stereocenters. The molecule has 0 saturated heterocycles. The van der Waals surface area contributed by atoms with E-state index in [1.165, 1.54) is 5.56 Å². The summed E-state index contributed by atoms with van der Waals surface area (Å²) in [6.07, 6.45) is 0.670. The van der Waals surface area contributed by atoms with Gasteiger partial charge in [0.25, 0.3) is 0 Å². The fourth-order valence-electron chi connectivity index (χ4n) is 2.34. The zero-order valence-electron chi connectivity index (χ0n) is 12.4. The van der Waals surface area contributed by atoms with Crippen molar-refractivity contribution in [3.63, 3.8) is 0 Å². The van der Waals surface area contributed by atoms with Gasteiger partial charge in [0.2, 0.25) is 0 Å². The first-order chi connectivity index (χ1) is 10.1. The predicted octanol–water partition coefficient (Wildman–Crippen LogP) is 4.53. The molecule has 2 aromatic carbocycles. The van der Waals surface area contributed by atoms with Crippen LogP contribution in [0.3, 0.4) is 0 Å². The lowest BCUT2D eigenvalue weighted by Gasteiger charge is -2.11. The van der Waals surface area contributed by atoms with E-state index in [1.54, 1.807) is 12.1 Å². The van der Waals surface area contributed by atoms with E-state index in [9.17, 15) is 5.26 Å². The lowest BCUT2D eigenvalue weighted by molar-refractivity contribution is 0.838. The highest BCUT2D eigenvalue weighted by Gasteiger charge is 2.12. The van der Waals surface area contributed by atoms with Crippen LogP contribution < -0.4 is 0 Å². The zero-order chi connectivity index (χ0) is 15.2. The number of hydrogen-bond acceptors (Lipinski definition) is 2. The fourth-order valence-corrected chi connectivity index (χ4v) is 2.34. The molecule has 1 unspecified atom stereocenters. The first-order valence-corrected chi connectivity index (χ1v) is 7.12. The maximum absolute atomic E-state index is 9.41. The highest BCUT2D eigenvalue weighted by molar-refractivity contribution is 5.37. The van der Waals surface area contributed by atoms with E-state index in [4.69, 9.17) is 5.26 Å². The van der Waals surface area contributed by atoms with Gasteiger partial charge in [-0.15, -0.1) is 0 Å². The average Bonchev–Trinajstić information content (AvgIpc) is 2.53. The second kappa shape index (κ2) is 6.73. The van der Waals surface area contributed by atoms with E-state index in [0.29, 0.717) is 17.9 Å². The van der Waals surface area contributed by atoms with Gasteiger partial charge in [-0.1, -0.05) is 50.2 Å². The van der Waals surface area contributed by atoms with Crippen molar-refractivity contribution >= 4 is 0 Å². The van der Waals surface area contributed by atoms with Crippen molar-refractivity contribution in [2.24, 2.45) is 0 Å². The minimum Gasteiger partial charge on any atom is -0.198 e. The van der Waals surface area contributed by atoms with Gasteiger partial charge in [0.05, 0.1) is 23.6 Å². The quantitative estimate of drug-likeness (QED) is 0.822. The fraction of sp³-hybridized carbons (Fsp3) is 0.263. The molecule has 0 aliphatic rings. The van der Waals surface area contributed by atoms with E-state index in [0.717, 1.165) is 11.1 Å². The first kappa shape index (κ1) is 14.8. The Labute approximate surface area is 126 Å². The Morgan fingerprint density at radius 2 is 1.67 bits per heavy atom. The van der Waals surface area contributed by atoms with E-state index < -0.39 is 0 Å². The maximum Gasteiger partial charge on any atom is 0.0991 e. The molecular weight excluding hydrogens is 256 g/mol. The Morgan fingerprint density at radius 1 is 0.952 bits per heavy atom. The van der Waals surface area contributed by atoms with E-state index >= 15 is 0 Å². The molecule has 104 valence electrons. The van der Waals surface area contributed by atoms with Gasteiger partial charge < -0.3 is 0 Å². The number of nitriles is 2. The van der Waals surface area contributed by atoms with Crippen LogP contribution in [0.5, 0.6) is 0 Å². The van der Waals surface area contributed by atoms with Gasteiger partial charge >= 0.3 is 0 Å². The molecule has 0 radical (unpaired) electrons. The number of hydrogen-bond donors (Lipinski definition) is 0. The van der Waals surface area contributed by atoms with Crippen molar-refractivity contribution in [3.8, 4) is 12.1 Å². The molecule has 2 heteroatoms. The molecule has 0 aliphatic heterocycles. The Bertz CT molecular complexity index is 685. The lowest BCUT2D eigenvalue weighted by Crippen LogP contribution is -2.01. The molecular formula is C19H18N2. The maximum atomic E-state index is 9.41. The number of nitrogens with zero attached hydrogens (tertiary/aromatic N) is 2. The van der Waals surface area contributed by atoms with E-state index in [-0.39, 0.29) is 5.92 Å². The molecule has 2 aromatic rings. The minimum absolute atomic E-state index is 0.219. The van der Waals surface area contributed by atoms with Crippen LogP contribution in [-0.2, 0) is 6.42 Å². The second-order valence-electron chi connectivity index (χ2n) is 5.52. The van der Waals surface area contributed by atoms with Crippen molar-refractivity contribution in [2.75, 3.05) is 0 Å². The second-order valence-corrected chi connectivity index (χ2v) is 5.52. The summed E-state index contributed by atoms with van der Waals surface area (Å²) in [5.74, 6) is 0.293. The summed E-state index contributed by atoms with van der Waals surface area (Å²) in [5.41, 5.74) is 3.96. The molecule has 0 heterocycles. The van der Waals surface area contributed by atoms with Gasteiger partial charge in [-0.05, 0) is 41.2 Å². The average molecular weight is 274 g/mol. The summed E-state index contributed by atoms with van der Waals surface area (Å²) in [5, 5.41) is 18.4. The summed E-state index contributed by atoms with van der Waals surface area (Å²) in [6.45, 7) is 4.33. The highest BCUT2D eigenvalue weighted by atomic mass is 14.3. The molecule has 0 N–H and O–H groups in total. The minimum atomic E-state index is -0.219. The number of rotatable bonds is 4. The van der Waals surface area contributed by atoms with Crippen molar-refractivity contribution in [1.29, 1.82) is 10.5 Å². The summed E-state index contributed by atoms with van der Waals surface area (Å²) in [7, 11) is 0. The highest BCUT2D eigenvalue weighted by Crippen LogP contribution is 2.22. The molecule has 0 bridgehead atoms. The third-order valence-electron chi connectivity index (χ3n) is 3.66. The molecule has 2 rings (SSSR count). The topological polar surface area (TPSA) is 47.6 Å². The van der Waals surface area contributed by atoms with E-state index in [1.807, 2.05) is 12.1 Å². The van der Waals surface area contributed by atoms with Gasteiger partial charge in [-0.25, -0.2) is 0 Å². The van der Waals surface area contributed by atoms with Crippen LogP contribution in [0.4, 0.5) is 0 Å². The van der Waals surface area contributed by atoms with Crippen LogP contribution in [0.15, 0.2) is 48.5 Å². The summed E-state index contributed by atoms with van der Waals surface area (Å²) in [4.78, 5) is 0. The van der Waals surface area contributed by atoms with Crippen molar-refractivity contribution < 1.29 is 0 Å². The van der Waals surface area contributed by atoms with Gasteiger partial charge in [0, 0.05) is 0 Å². The molecule has 2 nitrogen and oxygen atoms in total. The zero-order valence-corrected chi connectivity index (χ0v) is 12.4. The predicted molar refractivity (Wildman–Crippen MR) is 83.7 cm³/mol. The van der Waals surface area contributed by atoms with Crippen molar-refractivity contribution in [2.45, 2.75) is 32.1 Å². The summed E-state index contributed by atoms with van der Waals surface area (Å²) in [6, 6.07) is 20.2. The molecule has 0 aliphatic carbocycles. The van der Waals surface area contributed by atoms with Crippen LogP contribution in [0, 0.1) is 22.7 Å². The molecule has 0 saturated carbocycles. The van der Waals surface area contributed by atoms with Crippen LogP contribution >= 0.6 is 0 Å². The van der Waals surface area contributed by atoms with Crippen LogP contribution in [-0.4, -0.2) is 0 Å². The standard InChI is InChI=1S/C19H18N2/c1-14(2)17-8-6-15(7-9-17)10-19(13-21)18-5-3-4-16(11-18)12-20/h3-9,11,14,19H,10H2,1-2H3. The Hall–Kier alpha value is -2.58. The third kappa shape index (κ3) is 3.71. The van der Waals surface area contributed by atoms with Gasteiger partial charge in [-0.2, -0.15) is 10.5 Å². The van der Waals surface area contributed by atoms with E-state index in [2.05, 4.69) is 50.3 Å². The van der Waals surface area contributed by atoms with Gasteiger partial charge in [-0.3, -0.25) is 0 Å². The van der Waals surface area contributed by atoms with Crippen LogP contribution in [0.1, 0.15) is 47.9 Å². The summed E-state index contributed by atoms with van der Waals surface area (Å²) < 4.78 is 0. The van der Waals surface area contributed by atoms with Crippen LogP contribution in [0.25, 0.3) is 0 Å². The number of benzene rings is 2. The Morgan fingerprint density at radius 3 is 2.24 bits per heavy atom. The van der Waals surface area contributed by atoms with Gasteiger partial charge in [0.1, 0.15) is 0 Å². The smallest absolute Gasteiger partial charge is 0.0991 e.